The molecule has 0 radical (unpaired) electrons. The third kappa shape index (κ3) is 2.44. The van der Waals surface area contributed by atoms with Crippen molar-refractivity contribution < 1.29 is 0 Å². The summed E-state index contributed by atoms with van der Waals surface area (Å²) in [5, 5.41) is 1.16. The third-order valence-corrected chi connectivity index (χ3v) is 4.94. The third-order valence-electron chi connectivity index (χ3n) is 3.75. The van der Waals surface area contributed by atoms with Gasteiger partial charge in [0.05, 0.1) is 0 Å². The molecule has 0 spiro atoms. The molecule has 0 unspecified atom stereocenters. The summed E-state index contributed by atoms with van der Waals surface area (Å²) in [6, 6.07) is 0. The van der Waals surface area contributed by atoms with Crippen LogP contribution >= 0.6 is 15.9 Å². The molecule has 0 N–H and O–H groups in total. The summed E-state index contributed by atoms with van der Waals surface area (Å²) >= 11 is 3.69. The van der Waals surface area contributed by atoms with Gasteiger partial charge in [-0.25, -0.2) is 4.98 Å². The van der Waals surface area contributed by atoms with Crippen molar-refractivity contribution in [3.63, 3.8) is 0 Å². The Morgan fingerprint density at radius 3 is 2.73 bits per heavy atom. The van der Waals surface area contributed by atoms with E-state index in [4.69, 9.17) is 0 Å². The molecular weight excluding hydrogens is 252 g/mol. The van der Waals surface area contributed by atoms with E-state index in [1.54, 1.807) is 0 Å². The van der Waals surface area contributed by atoms with Crippen molar-refractivity contribution in [2.24, 2.45) is 12.5 Å². The second kappa shape index (κ2) is 4.69. The smallest absolute Gasteiger partial charge is 0.108 e. The SMILES string of the molecule is Cn1ccnc1CCC1(CBr)CCCC1. The van der Waals surface area contributed by atoms with Crippen LogP contribution in [0.2, 0.25) is 0 Å². The monoisotopic (exact) mass is 270 g/mol. The fourth-order valence-corrected chi connectivity index (χ4v) is 3.43. The topological polar surface area (TPSA) is 17.8 Å². The lowest BCUT2D eigenvalue weighted by molar-refractivity contribution is 0.316. The standard InChI is InChI=1S/C12H19BrN2/c1-15-9-8-14-11(15)4-7-12(10-13)5-2-3-6-12/h8-9H,2-7,10H2,1H3. The molecule has 0 aromatic carbocycles. The Morgan fingerprint density at radius 1 is 1.47 bits per heavy atom. The first-order valence-electron chi connectivity index (χ1n) is 5.78. The largest absolute Gasteiger partial charge is 0.338 e. The molecule has 1 saturated carbocycles. The summed E-state index contributed by atoms with van der Waals surface area (Å²) in [7, 11) is 2.08. The number of alkyl halides is 1. The number of halogens is 1. The summed E-state index contributed by atoms with van der Waals surface area (Å²) in [5.74, 6) is 1.22. The highest BCUT2D eigenvalue weighted by molar-refractivity contribution is 9.09. The van der Waals surface area contributed by atoms with Crippen LogP contribution in [0.4, 0.5) is 0 Å². The number of aryl methyl sites for hydroxylation is 2. The average molecular weight is 271 g/mol. The van der Waals surface area contributed by atoms with Crippen molar-refractivity contribution in [3.05, 3.63) is 18.2 Å². The van der Waals surface area contributed by atoms with Crippen LogP contribution in [-0.2, 0) is 13.5 Å². The highest BCUT2D eigenvalue weighted by atomic mass is 79.9. The van der Waals surface area contributed by atoms with Gasteiger partial charge in [-0.05, 0) is 24.7 Å². The van der Waals surface area contributed by atoms with Gasteiger partial charge < -0.3 is 4.57 Å². The fourth-order valence-electron chi connectivity index (χ4n) is 2.59. The lowest BCUT2D eigenvalue weighted by Crippen LogP contribution is -2.19. The second-order valence-corrected chi connectivity index (χ2v) is 5.36. The number of nitrogens with zero attached hydrogens (tertiary/aromatic N) is 2. The van der Waals surface area contributed by atoms with Gasteiger partial charge in [-0.2, -0.15) is 0 Å². The maximum Gasteiger partial charge on any atom is 0.108 e. The number of imidazole rings is 1. The molecule has 1 fully saturated rings. The van der Waals surface area contributed by atoms with Gasteiger partial charge in [0.2, 0.25) is 0 Å². The minimum atomic E-state index is 0.561. The Bertz CT molecular complexity index is 313. The summed E-state index contributed by atoms with van der Waals surface area (Å²) in [6.07, 6.45) is 11.9. The van der Waals surface area contributed by atoms with Crippen LogP contribution in [0, 0.1) is 5.41 Å². The minimum absolute atomic E-state index is 0.561. The van der Waals surface area contributed by atoms with Gasteiger partial charge in [0.15, 0.2) is 0 Å². The van der Waals surface area contributed by atoms with E-state index in [0.717, 1.165) is 11.8 Å². The van der Waals surface area contributed by atoms with Crippen LogP contribution in [0.5, 0.6) is 0 Å². The van der Waals surface area contributed by atoms with E-state index in [9.17, 15) is 0 Å². The van der Waals surface area contributed by atoms with E-state index in [2.05, 4.69) is 32.5 Å². The molecule has 0 saturated heterocycles. The van der Waals surface area contributed by atoms with Crippen LogP contribution in [-0.4, -0.2) is 14.9 Å². The molecule has 84 valence electrons. The van der Waals surface area contributed by atoms with Crippen molar-refractivity contribution >= 4 is 15.9 Å². The van der Waals surface area contributed by atoms with Crippen LogP contribution in [0.3, 0.4) is 0 Å². The van der Waals surface area contributed by atoms with E-state index in [0.29, 0.717) is 5.41 Å². The lowest BCUT2D eigenvalue weighted by atomic mass is 9.84. The highest BCUT2D eigenvalue weighted by Gasteiger charge is 2.32. The molecule has 15 heavy (non-hydrogen) atoms. The molecule has 1 aromatic heterocycles. The van der Waals surface area contributed by atoms with Crippen LogP contribution in [0.25, 0.3) is 0 Å². The van der Waals surface area contributed by atoms with Crippen LogP contribution in [0.15, 0.2) is 12.4 Å². The molecule has 0 bridgehead atoms. The van der Waals surface area contributed by atoms with E-state index in [1.807, 2.05) is 12.4 Å². The van der Waals surface area contributed by atoms with Gasteiger partial charge in [0.1, 0.15) is 5.82 Å². The van der Waals surface area contributed by atoms with Crippen molar-refractivity contribution in [2.45, 2.75) is 38.5 Å². The van der Waals surface area contributed by atoms with Gasteiger partial charge in [0.25, 0.3) is 0 Å². The zero-order valence-corrected chi connectivity index (χ0v) is 11.0. The highest BCUT2D eigenvalue weighted by Crippen LogP contribution is 2.43. The zero-order valence-electron chi connectivity index (χ0n) is 9.38. The van der Waals surface area contributed by atoms with Gasteiger partial charge in [-0.1, -0.05) is 28.8 Å². The predicted octanol–water partition coefficient (Wildman–Crippen LogP) is 3.31. The van der Waals surface area contributed by atoms with E-state index in [-0.39, 0.29) is 0 Å². The van der Waals surface area contributed by atoms with Gasteiger partial charge in [-0.3, -0.25) is 0 Å². The Labute approximate surface area is 100 Å². The van der Waals surface area contributed by atoms with Gasteiger partial charge in [0, 0.05) is 31.2 Å². The molecule has 1 heterocycles. The molecule has 1 aliphatic rings. The first-order valence-corrected chi connectivity index (χ1v) is 6.90. The Kier molecular flexibility index (Phi) is 3.49. The molecule has 0 amide bonds. The van der Waals surface area contributed by atoms with Crippen molar-refractivity contribution in [1.82, 2.24) is 9.55 Å². The van der Waals surface area contributed by atoms with Gasteiger partial charge >= 0.3 is 0 Å². The first kappa shape index (κ1) is 11.2. The Balaban J connectivity index is 1.94. The fraction of sp³-hybridized carbons (Fsp3) is 0.750. The number of rotatable bonds is 4. The van der Waals surface area contributed by atoms with E-state index < -0.39 is 0 Å². The van der Waals surface area contributed by atoms with E-state index >= 15 is 0 Å². The van der Waals surface area contributed by atoms with Crippen LogP contribution < -0.4 is 0 Å². The van der Waals surface area contributed by atoms with Gasteiger partial charge in [-0.15, -0.1) is 0 Å². The molecule has 2 nitrogen and oxygen atoms in total. The minimum Gasteiger partial charge on any atom is -0.338 e. The molecule has 0 aliphatic heterocycles. The average Bonchev–Trinajstić information content (AvgIpc) is 2.85. The summed E-state index contributed by atoms with van der Waals surface area (Å²) in [6.45, 7) is 0. The van der Waals surface area contributed by atoms with Crippen molar-refractivity contribution in [2.75, 3.05) is 5.33 Å². The summed E-state index contributed by atoms with van der Waals surface area (Å²) in [4.78, 5) is 4.39. The Morgan fingerprint density at radius 2 is 2.20 bits per heavy atom. The van der Waals surface area contributed by atoms with Crippen molar-refractivity contribution in [1.29, 1.82) is 0 Å². The van der Waals surface area contributed by atoms with Crippen molar-refractivity contribution in [3.8, 4) is 0 Å². The summed E-state index contributed by atoms with van der Waals surface area (Å²) < 4.78 is 2.14. The molecule has 1 aliphatic carbocycles. The second-order valence-electron chi connectivity index (χ2n) is 4.80. The normalized spacial score (nSPS) is 19.6. The number of hydrogen-bond acceptors (Lipinski definition) is 1. The zero-order chi connectivity index (χ0) is 10.7. The summed E-state index contributed by atoms with van der Waals surface area (Å²) in [5.41, 5.74) is 0.561. The molecule has 1 aromatic rings. The number of aromatic nitrogens is 2. The first-order chi connectivity index (χ1) is 7.26. The van der Waals surface area contributed by atoms with Crippen LogP contribution in [0.1, 0.15) is 37.9 Å². The molecule has 0 atom stereocenters. The predicted molar refractivity (Wildman–Crippen MR) is 66.2 cm³/mol. The maximum absolute atomic E-state index is 4.39. The molecule has 3 heteroatoms. The molecule has 2 rings (SSSR count). The molecular formula is C12H19BrN2. The quantitative estimate of drug-likeness (QED) is 0.768. The Hall–Kier alpha value is -0.310. The number of hydrogen-bond donors (Lipinski definition) is 0. The van der Waals surface area contributed by atoms with E-state index in [1.165, 1.54) is 37.9 Å². The maximum atomic E-state index is 4.39. The lowest BCUT2D eigenvalue weighted by Gasteiger charge is -2.26.